The van der Waals surface area contributed by atoms with Gasteiger partial charge in [0.1, 0.15) is 0 Å². The van der Waals surface area contributed by atoms with Gasteiger partial charge in [-0.05, 0) is 20.4 Å². The van der Waals surface area contributed by atoms with E-state index in [9.17, 15) is 0 Å². The van der Waals surface area contributed by atoms with Gasteiger partial charge in [-0.3, -0.25) is 4.68 Å². The third kappa shape index (κ3) is 3.35. The molecule has 2 aromatic heterocycles. The van der Waals surface area contributed by atoms with E-state index < -0.39 is 0 Å². The molecular formula is C13H19ClN4S. The Morgan fingerprint density at radius 1 is 1.47 bits per heavy atom. The van der Waals surface area contributed by atoms with Gasteiger partial charge in [-0.1, -0.05) is 18.5 Å². The highest BCUT2D eigenvalue weighted by atomic mass is 35.5. The van der Waals surface area contributed by atoms with Crippen LogP contribution >= 0.6 is 22.9 Å². The first-order valence-corrected chi connectivity index (χ1v) is 7.77. The van der Waals surface area contributed by atoms with Crippen LogP contribution in [0.1, 0.15) is 36.3 Å². The fourth-order valence-corrected chi connectivity index (χ4v) is 3.09. The summed E-state index contributed by atoms with van der Waals surface area (Å²) in [4.78, 5) is 4.53. The first kappa shape index (κ1) is 14.5. The summed E-state index contributed by atoms with van der Waals surface area (Å²) in [5.41, 5.74) is 2.16. The molecule has 0 saturated carbocycles. The molecule has 104 valence electrons. The first-order valence-electron chi connectivity index (χ1n) is 6.51. The van der Waals surface area contributed by atoms with E-state index >= 15 is 0 Å². The normalized spacial score (nSPS) is 12.8. The zero-order valence-corrected chi connectivity index (χ0v) is 13.1. The summed E-state index contributed by atoms with van der Waals surface area (Å²) in [6.45, 7) is 7.90. The van der Waals surface area contributed by atoms with Crippen molar-refractivity contribution in [1.29, 1.82) is 0 Å². The molecule has 1 atom stereocenters. The zero-order valence-electron chi connectivity index (χ0n) is 11.5. The van der Waals surface area contributed by atoms with Crippen LogP contribution in [0.5, 0.6) is 0 Å². The number of hydrogen-bond acceptors (Lipinski definition) is 4. The van der Waals surface area contributed by atoms with E-state index in [-0.39, 0.29) is 6.04 Å². The fraction of sp³-hybridized carbons (Fsp3) is 0.538. The van der Waals surface area contributed by atoms with Crippen molar-refractivity contribution in [3.05, 3.63) is 33.0 Å². The van der Waals surface area contributed by atoms with E-state index in [4.69, 9.17) is 11.6 Å². The van der Waals surface area contributed by atoms with Crippen LogP contribution < -0.4 is 5.32 Å². The van der Waals surface area contributed by atoms with Gasteiger partial charge < -0.3 is 5.32 Å². The lowest BCUT2D eigenvalue weighted by molar-refractivity contribution is 0.487. The maximum atomic E-state index is 6.28. The highest BCUT2D eigenvalue weighted by Crippen LogP contribution is 2.26. The molecule has 6 heteroatoms. The van der Waals surface area contributed by atoms with Gasteiger partial charge >= 0.3 is 0 Å². The van der Waals surface area contributed by atoms with Crippen molar-refractivity contribution in [3.63, 3.8) is 0 Å². The summed E-state index contributed by atoms with van der Waals surface area (Å²) >= 11 is 7.97. The molecule has 2 aromatic rings. The Morgan fingerprint density at radius 2 is 2.26 bits per heavy atom. The van der Waals surface area contributed by atoms with Gasteiger partial charge in [-0.15, -0.1) is 11.3 Å². The minimum absolute atomic E-state index is 0.154. The second-order valence-corrected chi connectivity index (χ2v) is 5.84. The van der Waals surface area contributed by atoms with Gasteiger partial charge in [0.25, 0.3) is 0 Å². The van der Waals surface area contributed by atoms with Crippen molar-refractivity contribution in [2.45, 2.75) is 39.8 Å². The second kappa shape index (κ2) is 6.50. The monoisotopic (exact) mass is 298 g/mol. The van der Waals surface area contributed by atoms with Gasteiger partial charge in [0.05, 0.1) is 33.7 Å². The Bertz CT molecular complexity index is 534. The molecule has 0 radical (unpaired) electrons. The number of nitrogens with one attached hydrogen (secondary N) is 1. The number of likely N-dealkylation sites (N-methyl/N-ethyl adjacent to an activating group) is 1. The zero-order chi connectivity index (χ0) is 13.8. The van der Waals surface area contributed by atoms with Gasteiger partial charge in [0.15, 0.2) is 0 Å². The van der Waals surface area contributed by atoms with E-state index in [1.165, 1.54) is 0 Å². The predicted molar refractivity (Wildman–Crippen MR) is 79.9 cm³/mol. The van der Waals surface area contributed by atoms with E-state index in [1.807, 2.05) is 11.6 Å². The molecule has 0 amide bonds. The SMILES string of the molecule is CCNC(Cc1csc(C)n1)c1c(Cl)cnn1CC. The molecule has 1 N–H and O–H groups in total. The second-order valence-electron chi connectivity index (χ2n) is 4.37. The molecule has 0 saturated heterocycles. The number of aryl methyl sites for hydroxylation is 2. The van der Waals surface area contributed by atoms with E-state index in [2.05, 4.69) is 34.6 Å². The predicted octanol–water partition coefficient (Wildman–Crippen LogP) is 3.21. The Hall–Kier alpha value is -0.910. The average Bonchev–Trinajstić information content (AvgIpc) is 2.95. The van der Waals surface area contributed by atoms with Crippen LogP contribution in [-0.4, -0.2) is 21.3 Å². The summed E-state index contributed by atoms with van der Waals surface area (Å²) in [6, 6.07) is 0.154. The van der Waals surface area contributed by atoms with Gasteiger partial charge in [0, 0.05) is 18.3 Å². The van der Waals surface area contributed by atoms with Crippen LogP contribution in [0, 0.1) is 6.92 Å². The van der Waals surface area contributed by atoms with Crippen LogP contribution in [0.2, 0.25) is 5.02 Å². The van der Waals surface area contributed by atoms with Crippen molar-refractivity contribution < 1.29 is 0 Å². The van der Waals surface area contributed by atoms with Gasteiger partial charge in [-0.2, -0.15) is 5.10 Å². The van der Waals surface area contributed by atoms with Crippen molar-refractivity contribution in [2.24, 2.45) is 0 Å². The average molecular weight is 299 g/mol. The van der Waals surface area contributed by atoms with Crippen molar-refractivity contribution in [2.75, 3.05) is 6.54 Å². The number of nitrogens with zero attached hydrogens (tertiary/aromatic N) is 3. The summed E-state index contributed by atoms with van der Waals surface area (Å²) in [5.74, 6) is 0. The van der Waals surface area contributed by atoms with E-state index in [0.717, 1.165) is 40.9 Å². The van der Waals surface area contributed by atoms with Crippen molar-refractivity contribution in [1.82, 2.24) is 20.1 Å². The van der Waals surface area contributed by atoms with Gasteiger partial charge in [-0.25, -0.2) is 4.98 Å². The van der Waals surface area contributed by atoms with Crippen molar-refractivity contribution in [3.8, 4) is 0 Å². The molecule has 0 aromatic carbocycles. The van der Waals surface area contributed by atoms with Crippen LogP contribution in [0.4, 0.5) is 0 Å². The van der Waals surface area contributed by atoms with E-state index in [1.54, 1.807) is 17.5 Å². The largest absolute Gasteiger partial charge is 0.309 e. The maximum absolute atomic E-state index is 6.28. The summed E-state index contributed by atoms with van der Waals surface area (Å²) < 4.78 is 1.95. The molecule has 0 spiro atoms. The molecule has 1 unspecified atom stereocenters. The van der Waals surface area contributed by atoms with Crippen LogP contribution in [-0.2, 0) is 13.0 Å². The molecule has 0 aliphatic carbocycles. The van der Waals surface area contributed by atoms with Crippen LogP contribution in [0.15, 0.2) is 11.6 Å². The summed E-state index contributed by atoms with van der Waals surface area (Å²) in [5, 5.41) is 11.7. The third-order valence-corrected chi connectivity index (χ3v) is 4.11. The third-order valence-electron chi connectivity index (χ3n) is 2.99. The summed E-state index contributed by atoms with van der Waals surface area (Å²) in [6.07, 6.45) is 2.56. The standard InChI is InChI=1S/C13H19ClN4S/c1-4-15-12(6-10-8-19-9(3)17-10)13-11(14)7-16-18(13)5-2/h7-8,12,15H,4-6H2,1-3H3. The molecule has 2 heterocycles. The lowest BCUT2D eigenvalue weighted by Crippen LogP contribution is -2.26. The minimum Gasteiger partial charge on any atom is -0.309 e. The Morgan fingerprint density at radius 3 is 2.84 bits per heavy atom. The molecule has 0 bridgehead atoms. The van der Waals surface area contributed by atoms with Crippen molar-refractivity contribution >= 4 is 22.9 Å². The fourth-order valence-electron chi connectivity index (χ4n) is 2.19. The topological polar surface area (TPSA) is 42.7 Å². The lowest BCUT2D eigenvalue weighted by Gasteiger charge is -2.18. The molecule has 2 rings (SSSR count). The van der Waals surface area contributed by atoms with E-state index in [0.29, 0.717) is 0 Å². The lowest BCUT2D eigenvalue weighted by atomic mass is 10.1. The number of thiazole rings is 1. The Kier molecular flexibility index (Phi) is 4.96. The first-order chi connectivity index (χ1) is 9.15. The number of halogens is 1. The molecule has 0 fully saturated rings. The molecule has 4 nitrogen and oxygen atoms in total. The molecule has 0 aliphatic rings. The summed E-state index contributed by atoms with van der Waals surface area (Å²) in [7, 11) is 0. The Balaban J connectivity index is 2.26. The number of rotatable bonds is 6. The maximum Gasteiger partial charge on any atom is 0.0897 e. The quantitative estimate of drug-likeness (QED) is 0.890. The minimum atomic E-state index is 0.154. The molecular weight excluding hydrogens is 280 g/mol. The number of hydrogen-bond donors (Lipinski definition) is 1. The van der Waals surface area contributed by atoms with Gasteiger partial charge in [0.2, 0.25) is 0 Å². The van der Waals surface area contributed by atoms with Crippen LogP contribution in [0.3, 0.4) is 0 Å². The molecule has 0 aliphatic heterocycles. The highest BCUT2D eigenvalue weighted by molar-refractivity contribution is 7.09. The Labute approximate surface area is 122 Å². The van der Waals surface area contributed by atoms with Crippen LogP contribution in [0.25, 0.3) is 0 Å². The smallest absolute Gasteiger partial charge is 0.0897 e. The highest BCUT2D eigenvalue weighted by Gasteiger charge is 2.20. The number of aromatic nitrogens is 3. The molecule has 19 heavy (non-hydrogen) atoms.